The van der Waals surface area contributed by atoms with Crippen molar-refractivity contribution in [1.82, 2.24) is 9.88 Å². The third-order valence-electron chi connectivity index (χ3n) is 2.27. The molecule has 108 valence electrons. The molecule has 8 nitrogen and oxygen atoms in total. The van der Waals surface area contributed by atoms with Crippen molar-refractivity contribution in [2.75, 3.05) is 14.2 Å². The topological polar surface area (TPSA) is 93.2 Å². The summed E-state index contributed by atoms with van der Waals surface area (Å²) in [5.74, 6) is 0.205. The van der Waals surface area contributed by atoms with Crippen molar-refractivity contribution in [1.29, 1.82) is 0 Å². The van der Waals surface area contributed by atoms with Crippen molar-refractivity contribution in [3.05, 3.63) is 39.2 Å². The van der Waals surface area contributed by atoms with Crippen LogP contribution in [0.3, 0.4) is 0 Å². The number of guanidine groups is 1. The van der Waals surface area contributed by atoms with Crippen LogP contribution in [-0.4, -0.2) is 40.9 Å². The van der Waals surface area contributed by atoms with Gasteiger partial charge in [0, 0.05) is 26.7 Å². The van der Waals surface area contributed by atoms with Crippen LogP contribution in [0.15, 0.2) is 28.4 Å². The number of aliphatic imine (C=N–C) groups is 1. The average molecular weight is 300 g/mol. The maximum Gasteiger partial charge on any atom is 0.300 e. The van der Waals surface area contributed by atoms with Crippen LogP contribution in [0.4, 0.5) is 0 Å². The fraction of sp³-hybridized carbons (Fsp3) is 0.364. The summed E-state index contributed by atoms with van der Waals surface area (Å²) in [5, 5.41) is 13.3. The fourth-order valence-corrected chi connectivity index (χ4v) is 1.40. The van der Waals surface area contributed by atoms with E-state index in [2.05, 4.69) is 15.1 Å². The summed E-state index contributed by atoms with van der Waals surface area (Å²) in [5.41, 5.74) is 0.818. The van der Waals surface area contributed by atoms with Gasteiger partial charge < -0.3 is 9.64 Å². The summed E-state index contributed by atoms with van der Waals surface area (Å²) in [4.78, 5) is 19.9. The Balaban J connectivity index is 2.91. The first-order chi connectivity index (χ1) is 9.42. The van der Waals surface area contributed by atoms with Gasteiger partial charge in [0.1, 0.15) is 10.3 Å². The van der Waals surface area contributed by atoms with Crippen molar-refractivity contribution in [3.8, 4) is 0 Å². The molecule has 0 N–H and O–H groups in total. The molecule has 0 aromatic carbocycles. The second-order valence-electron chi connectivity index (χ2n) is 3.82. The Morgan fingerprint density at radius 1 is 1.60 bits per heavy atom. The number of nitro groups is 1. The van der Waals surface area contributed by atoms with Crippen LogP contribution < -0.4 is 0 Å². The van der Waals surface area contributed by atoms with E-state index in [0.29, 0.717) is 11.7 Å². The summed E-state index contributed by atoms with van der Waals surface area (Å²) in [6.07, 6.45) is 1.58. The van der Waals surface area contributed by atoms with Gasteiger partial charge in [-0.1, -0.05) is 17.7 Å². The largest absolute Gasteiger partial charge is 0.484 e. The Hall–Kier alpha value is -2.22. The molecular weight excluding hydrogens is 286 g/mol. The molecule has 0 aliphatic rings. The van der Waals surface area contributed by atoms with Gasteiger partial charge in [0.25, 0.3) is 0 Å². The van der Waals surface area contributed by atoms with Gasteiger partial charge in [-0.3, -0.25) is 0 Å². The zero-order chi connectivity index (χ0) is 15.1. The molecule has 0 saturated carbocycles. The quantitative estimate of drug-likeness (QED) is 0.279. The fourth-order valence-electron chi connectivity index (χ4n) is 1.29. The number of ether oxygens (including phenoxy) is 1. The lowest BCUT2D eigenvalue weighted by atomic mass is 10.3. The van der Waals surface area contributed by atoms with Crippen LogP contribution in [0.5, 0.6) is 0 Å². The van der Waals surface area contributed by atoms with Gasteiger partial charge in [0.05, 0.1) is 7.11 Å². The van der Waals surface area contributed by atoms with Gasteiger partial charge >= 0.3 is 5.96 Å². The summed E-state index contributed by atoms with van der Waals surface area (Å²) >= 11 is 5.69. The van der Waals surface area contributed by atoms with E-state index in [4.69, 9.17) is 16.3 Å². The molecule has 1 rings (SSSR count). The van der Waals surface area contributed by atoms with Gasteiger partial charge in [-0.2, -0.15) is 4.99 Å². The van der Waals surface area contributed by atoms with Gasteiger partial charge in [0.15, 0.2) is 10.9 Å². The normalized spacial score (nSPS) is 12.2. The van der Waals surface area contributed by atoms with Crippen LogP contribution in [-0.2, 0) is 11.3 Å². The third-order valence-corrected chi connectivity index (χ3v) is 2.50. The molecule has 0 spiro atoms. The highest BCUT2D eigenvalue weighted by Gasteiger charge is 2.12. The highest BCUT2D eigenvalue weighted by Crippen LogP contribution is 2.08. The zero-order valence-electron chi connectivity index (χ0n) is 11.3. The van der Waals surface area contributed by atoms with Gasteiger partial charge in [-0.25, -0.2) is 15.1 Å². The minimum absolute atomic E-state index is 0.0655. The van der Waals surface area contributed by atoms with E-state index in [1.807, 2.05) is 0 Å². The highest BCUT2D eigenvalue weighted by molar-refractivity contribution is 6.29. The van der Waals surface area contributed by atoms with Crippen molar-refractivity contribution in [2.45, 2.75) is 13.5 Å². The van der Waals surface area contributed by atoms with Crippen LogP contribution in [0.25, 0.3) is 0 Å². The van der Waals surface area contributed by atoms with Crippen molar-refractivity contribution >= 4 is 23.5 Å². The van der Waals surface area contributed by atoms with Crippen LogP contribution >= 0.6 is 11.6 Å². The van der Waals surface area contributed by atoms with Gasteiger partial charge in [0.2, 0.25) is 0 Å². The number of pyridine rings is 1. The van der Waals surface area contributed by atoms with E-state index in [1.165, 1.54) is 12.0 Å². The number of rotatable bonds is 3. The van der Waals surface area contributed by atoms with Crippen molar-refractivity contribution in [3.63, 3.8) is 0 Å². The van der Waals surface area contributed by atoms with Gasteiger partial charge in [-0.15, -0.1) is 0 Å². The first kappa shape index (κ1) is 15.8. The highest BCUT2D eigenvalue weighted by atomic mass is 35.5. The number of methoxy groups -OCH3 is 1. The molecule has 1 heterocycles. The summed E-state index contributed by atoms with van der Waals surface area (Å²) in [6, 6.07) is 3.40. The van der Waals surface area contributed by atoms with E-state index in [1.54, 1.807) is 32.3 Å². The number of hydrazone groups is 1. The Labute approximate surface area is 120 Å². The average Bonchev–Trinajstić information content (AvgIpc) is 2.39. The first-order valence-electron chi connectivity index (χ1n) is 5.56. The summed E-state index contributed by atoms with van der Waals surface area (Å²) in [6.45, 7) is 1.92. The molecular formula is C11H14ClN5O3. The number of hydrogen-bond donors (Lipinski definition) is 0. The summed E-state index contributed by atoms with van der Waals surface area (Å²) in [7, 11) is 3.05. The molecule has 1 aromatic heterocycles. The van der Waals surface area contributed by atoms with Crippen molar-refractivity contribution in [2.24, 2.45) is 10.1 Å². The van der Waals surface area contributed by atoms with Crippen LogP contribution in [0.1, 0.15) is 12.5 Å². The van der Waals surface area contributed by atoms with Gasteiger partial charge in [-0.05, 0) is 11.6 Å². The van der Waals surface area contributed by atoms with Crippen molar-refractivity contribution < 1.29 is 9.77 Å². The SMILES string of the molecule is COC(C)=NC(=N[N+](=O)[O-])N(C)Cc1ccc(Cl)nc1. The van der Waals surface area contributed by atoms with E-state index in [-0.39, 0.29) is 11.9 Å². The zero-order valence-corrected chi connectivity index (χ0v) is 12.0. The Morgan fingerprint density at radius 3 is 2.80 bits per heavy atom. The third kappa shape index (κ3) is 5.19. The first-order valence-corrected chi connectivity index (χ1v) is 5.94. The van der Waals surface area contributed by atoms with E-state index in [9.17, 15) is 10.1 Å². The molecule has 0 fully saturated rings. The lowest BCUT2D eigenvalue weighted by molar-refractivity contribution is -0.485. The summed E-state index contributed by atoms with van der Waals surface area (Å²) < 4.78 is 4.87. The van der Waals surface area contributed by atoms with Crippen LogP contribution in [0.2, 0.25) is 5.15 Å². The molecule has 0 saturated heterocycles. The molecule has 0 atom stereocenters. The standard InChI is InChI=1S/C11H14ClN5O3/c1-8(20-3)14-11(15-17(18)19)16(2)7-9-4-5-10(12)13-6-9/h4-6H,7H2,1-3H3. The minimum Gasteiger partial charge on any atom is -0.484 e. The molecule has 20 heavy (non-hydrogen) atoms. The Bertz CT molecular complexity index is 529. The second-order valence-corrected chi connectivity index (χ2v) is 4.21. The number of nitrogens with zero attached hydrogens (tertiary/aromatic N) is 5. The minimum atomic E-state index is -0.807. The number of hydrogen-bond acceptors (Lipinski definition) is 4. The Kier molecular flexibility index (Phi) is 5.85. The smallest absolute Gasteiger partial charge is 0.300 e. The predicted octanol–water partition coefficient (Wildman–Crippen LogP) is 1.78. The molecule has 0 unspecified atom stereocenters. The molecule has 0 bridgehead atoms. The maximum atomic E-state index is 10.5. The molecule has 0 aliphatic carbocycles. The van der Waals surface area contributed by atoms with E-state index < -0.39 is 5.03 Å². The Morgan fingerprint density at radius 2 is 2.30 bits per heavy atom. The molecule has 1 aromatic rings. The second kappa shape index (κ2) is 7.39. The molecule has 0 amide bonds. The molecule has 9 heteroatoms. The van der Waals surface area contributed by atoms with Crippen LogP contribution in [0, 0.1) is 10.1 Å². The lowest BCUT2D eigenvalue weighted by Crippen LogP contribution is -2.27. The number of aromatic nitrogens is 1. The predicted molar refractivity (Wildman–Crippen MR) is 75.3 cm³/mol. The molecule has 0 aliphatic heterocycles. The van der Waals surface area contributed by atoms with E-state index >= 15 is 0 Å². The van der Waals surface area contributed by atoms with E-state index in [0.717, 1.165) is 5.56 Å². The monoisotopic (exact) mass is 299 g/mol. The number of halogens is 1. The maximum absolute atomic E-state index is 10.5. The molecule has 0 radical (unpaired) electrons. The lowest BCUT2D eigenvalue weighted by Gasteiger charge is -2.16.